The number of benzene rings is 1. The predicted octanol–water partition coefficient (Wildman–Crippen LogP) is 3.22. The van der Waals surface area contributed by atoms with Gasteiger partial charge in [0.25, 0.3) is 0 Å². The average Bonchev–Trinajstić information content (AvgIpc) is 3.03. The number of methoxy groups -OCH3 is 2. The van der Waals surface area contributed by atoms with Crippen molar-refractivity contribution in [3.63, 3.8) is 0 Å². The summed E-state index contributed by atoms with van der Waals surface area (Å²) in [5.74, 6) is 1.23. The van der Waals surface area contributed by atoms with Crippen LogP contribution >= 0.6 is 0 Å². The minimum absolute atomic E-state index is 0.00370. The van der Waals surface area contributed by atoms with E-state index in [0.717, 1.165) is 24.3 Å². The van der Waals surface area contributed by atoms with Gasteiger partial charge >= 0.3 is 6.03 Å². The zero-order valence-electron chi connectivity index (χ0n) is 16.2. The Labute approximate surface area is 154 Å². The van der Waals surface area contributed by atoms with Gasteiger partial charge in [0, 0.05) is 42.8 Å². The second-order valence-corrected chi connectivity index (χ2v) is 6.32. The van der Waals surface area contributed by atoms with Crippen LogP contribution in [0, 0.1) is 6.92 Å². The number of rotatable bonds is 8. The molecule has 2 aromatic rings. The van der Waals surface area contributed by atoms with Crippen LogP contribution in [0.1, 0.15) is 26.0 Å². The molecule has 7 nitrogen and oxygen atoms in total. The number of nitrogens with zero attached hydrogens (tertiary/aromatic N) is 3. The molecule has 0 fully saturated rings. The number of aromatic nitrogens is 2. The number of hydrogen-bond donors (Lipinski definition) is 1. The molecule has 0 bridgehead atoms. The maximum atomic E-state index is 12.7. The van der Waals surface area contributed by atoms with Crippen LogP contribution in [0.2, 0.25) is 0 Å². The van der Waals surface area contributed by atoms with Gasteiger partial charge in [0.15, 0.2) is 11.5 Å². The van der Waals surface area contributed by atoms with Gasteiger partial charge in [-0.15, -0.1) is 0 Å². The predicted molar refractivity (Wildman–Crippen MR) is 102 cm³/mol. The number of anilines is 1. The van der Waals surface area contributed by atoms with Crippen LogP contribution in [0.5, 0.6) is 11.5 Å². The summed E-state index contributed by atoms with van der Waals surface area (Å²) in [6.07, 6.45) is 4.47. The first kappa shape index (κ1) is 19.6. The average molecular weight is 360 g/mol. The van der Waals surface area contributed by atoms with E-state index >= 15 is 0 Å². The quantitative estimate of drug-likeness (QED) is 0.734. The van der Waals surface area contributed by atoms with E-state index in [2.05, 4.69) is 14.9 Å². The van der Waals surface area contributed by atoms with Crippen molar-refractivity contribution in [1.29, 1.82) is 0 Å². The fourth-order valence-electron chi connectivity index (χ4n) is 2.78. The molecule has 2 rings (SSSR count). The first-order valence-electron chi connectivity index (χ1n) is 8.73. The van der Waals surface area contributed by atoms with E-state index in [9.17, 15) is 4.79 Å². The van der Waals surface area contributed by atoms with Crippen molar-refractivity contribution in [2.75, 3.05) is 25.7 Å². The molecule has 0 saturated carbocycles. The summed E-state index contributed by atoms with van der Waals surface area (Å²) in [6, 6.07) is 5.35. The molecule has 7 heteroatoms. The summed E-state index contributed by atoms with van der Waals surface area (Å²) in [4.78, 5) is 18.5. The molecule has 0 saturated heterocycles. The Balaban J connectivity index is 2.00. The van der Waals surface area contributed by atoms with E-state index < -0.39 is 0 Å². The van der Waals surface area contributed by atoms with E-state index in [1.54, 1.807) is 31.5 Å². The van der Waals surface area contributed by atoms with Crippen LogP contribution in [0.25, 0.3) is 0 Å². The Bertz CT molecular complexity index is 727. The van der Waals surface area contributed by atoms with Gasteiger partial charge in [-0.3, -0.25) is 4.90 Å². The van der Waals surface area contributed by atoms with Crippen molar-refractivity contribution in [2.45, 2.75) is 39.8 Å². The van der Waals surface area contributed by atoms with Crippen molar-refractivity contribution in [3.05, 3.63) is 36.4 Å². The number of carbonyl (C=O) groups excluding carboxylic acids is 1. The van der Waals surface area contributed by atoms with Crippen molar-refractivity contribution >= 4 is 11.7 Å². The molecule has 0 aliphatic rings. The highest BCUT2D eigenvalue weighted by molar-refractivity contribution is 5.92. The van der Waals surface area contributed by atoms with Gasteiger partial charge < -0.3 is 19.4 Å². The van der Waals surface area contributed by atoms with Crippen LogP contribution in [-0.4, -0.2) is 42.4 Å². The fraction of sp³-hybridized carbons (Fsp3) is 0.474. The molecule has 0 unspecified atom stereocenters. The van der Waals surface area contributed by atoms with Gasteiger partial charge in [-0.2, -0.15) is 0 Å². The van der Waals surface area contributed by atoms with E-state index in [4.69, 9.17) is 9.47 Å². The molecule has 26 heavy (non-hydrogen) atoms. The Hall–Kier alpha value is -2.70. The highest BCUT2D eigenvalue weighted by Crippen LogP contribution is 2.32. The second-order valence-electron chi connectivity index (χ2n) is 6.32. The summed E-state index contributed by atoms with van der Waals surface area (Å²) >= 11 is 0. The zero-order valence-corrected chi connectivity index (χ0v) is 16.2. The Morgan fingerprint density at radius 2 is 2.00 bits per heavy atom. The van der Waals surface area contributed by atoms with Crippen LogP contribution in [-0.2, 0) is 6.54 Å². The Kier molecular flexibility index (Phi) is 6.89. The first-order chi connectivity index (χ1) is 12.5. The Morgan fingerprint density at radius 3 is 2.58 bits per heavy atom. The van der Waals surface area contributed by atoms with Crippen LogP contribution in [0.3, 0.4) is 0 Å². The van der Waals surface area contributed by atoms with Crippen LogP contribution in [0.15, 0.2) is 30.7 Å². The largest absolute Gasteiger partial charge is 0.493 e. The highest BCUT2D eigenvalue weighted by Gasteiger charge is 2.20. The minimum atomic E-state index is -0.130. The van der Waals surface area contributed by atoms with E-state index in [-0.39, 0.29) is 12.1 Å². The first-order valence-corrected chi connectivity index (χ1v) is 8.73. The zero-order chi connectivity index (χ0) is 19.1. The van der Waals surface area contributed by atoms with Gasteiger partial charge in [0.05, 0.1) is 20.5 Å². The number of amides is 2. The lowest BCUT2D eigenvalue weighted by Crippen LogP contribution is -2.44. The summed E-state index contributed by atoms with van der Waals surface area (Å²) < 4.78 is 12.7. The lowest BCUT2D eigenvalue weighted by atomic mass is 10.2. The molecule has 0 spiro atoms. The number of nitrogens with one attached hydrogen (secondary N) is 1. The third-order valence-corrected chi connectivity index (χ3v) is 4.15. The number of carbonyl (C=O) groups is 1. The topological polar surface area (TPSA) is 68.6 Å². The summed E-state index contributed by atoms with van der Waals surface area (Å²) in [5, 5.41) is 2.99. The van der Waals surface area contributed by atoms with E-state index in [0.29, 0.717) is 18.0 Å². The number of urea groups is 1. The molecule has 2 amide bonds. The third-order valence-electron chi connectivity index (χ3n) is 4.15. The maximum Gasteiger partial charge on any atom is 0.322 e. The molecule has 1 aromatic heterocycles. The van der Waals surface area contributed by atoms with Crippen LogP contribution in [0.4, 0.5) is 10.5 Å². The fourth-order valence-corrected chi connectivity index (χ4v) is 2.78. The van der Waals surface area contributed by atoms with Crippen LogP contribution < -0.4 is 19.7 Å². The van der Waals surface area contributed by atoms with Crippen molar-refractivity contribution < 1.29 is 14.3 Å². The van der Waals surface area contributed by atoms with Crippen molar-refractivity contribution in [3.8, 4) is 11.5 Å². The van der Waals surface area contributed by atoms with Gasteiger partial charge in [0.1, 0.15) is 0 Å². The van der Waals surface area contributed by atoms with Gasteiger partial charge in [0.2, 0.25) is 0 Å². The van der Waals surface area contributed by atoms with Gasteiger partial charge in [-0.05, 0) is 39.3 Å². The minimum Gasteiger partial charge on any atom is -0.493 e. The number of ether oxygens (including phenoxy) is 2. The molecule has 0 aliphatic carbocycles. The summed E-state index contributed by atoms with van der Waals surface area (Å²) in [6.45, 7) is 7.39. The molecular weight excluding hydrogens is 332 g/mol. The lowest BCUT2D eigenvalue weighted by molar-refractivity contribution is 0.244. The molecule has 0 aliphatic heterocycles. The SMILES string of the molecule is COc1ccc(N(C(=O)NCCCn2cncc2C)C(C)C)cc1OC. The lowest BCUT2D eigenvalue weighted by Gasteiger charge is -2.27. The monoisotopic (exact) mass is 360 g/mol. The number of aryl methyl sites for hydroxylation is 2. The smallest absolute Gasteiger partial charge is 0.322 e. The standard InChI is InChI=1S/C19H28N4O3/c1-14(2)23(16-7-8-17(25-4)18(11-16)26-5)19(24)21-9-6-10-22-13-20-12-15(22)3/h7-8,11-14H,6,9-10H2,1-5H3,(H,21,24). The van der Waals surface area contributed by atoms with Gasteiger partial charge in [-0.1, -0.05) is 0 Å². The molecule has 1 N–H and O–H groups in total. The number of imidazole rings is 1. The molecule has 0 atom stereocenters. The Morgan fingerprint density at radius 1 is 1.27 bits per heavy atom. The second kappa shape index (κ2) is 9.12. The number of hydrogen-bond acceptors (Lipinski definition) is 4. The van der Waals surface area contributed by atoms with E-state index in [1.165, 1.54) is 0 Å². The van der Waals surface area contributed by atoms with Crippen molar-refractivity contribution in [1.82, 2.24) is 14.9 Å². The normalized spacial score (nSPS) is 10.7. The summed E-state index contributed by atoms with van der Waals surface area (Å²) in [5.41, 5.74) is 1.88. The molecule has 1 aromatic carbocycles. The highest BCUT2D eigenvalue weighted by atomic mass is 16.5. The van der Waals surface area contributed by atoms with Crippen molar-refractivity contribution in [2.24, 2.45) is 0 Å². The summed E-state index contributed by atoms with van der Waals surface area (Å²) in [7, 11) is 3.17. The third kappa shape index (κ3) is 4.68. The molecule has 142 valence electrons. The van der Waals surface area contributed by atoms with E-state index in [1.807, 2.05) is 39.1 Å². The maximum absolute atomic E-state index is 12.7. The van der Waals surface area contributed by atoms with Gasteiger partial charge in [-0.25, -0.2) is 9.78 Å². The molecule has 1 heterocycles. The molecule has 0 radical (unpaired) electrons. The molecular formula is C19H28N4O3.